The summed E-state index contributed by atoms with van der Waals surface area (Å²) in [4.78, 5) is 13.0. The van der Waals surface area contributed by atoms with Crippen LogP contribution in [-0.2, 0) is 10.1 Å². The molecule has 9 heteroatoms. The van der Waals surface area contributed by atoms with Gasteiger partial charge in [-0.1, -0.05) is 23.2 Å². The average Bonchev–Trinajstić information content (AvgIpc) is 2.91. The van der Waals surface area contributed by atoms with Gasteiger partial charge in [-0.3, -0.25) is 9.45 Å². The number of halogens is 2. The molecule has 0 aliphatic carbocycles. The molecule has 0 unspecified atom stereocenters. The largest absolute Gasteiger partial charge is 0.336 e. The normalized spacial score (nSPS) is 14.8. The third-order valence-corrected chi connectivity index (χ3v) is 4.93. The second-order valence-corrected chi connectivity index (χ2v) is 7.46. The van der Waals surface area contributed by atoms with E-state index < -0.39 is 10.1 Å². The van der Waals surface area contributed by atoms with Gasteiger partial charge in [0.25, 0.3) is 10.1 Å². The first-order chi connectivity index (χ1) is 11.3. The number of rotatable bonds is 3. The van der Waals surface area contributed by atoms with Crippen molar-refractivity contribution in [3.8, 4) is 11.1 Å². The molecule has 0 saturated carbocycles. The van der Waals surface area contributed by atoms with E-state index in [0.29, 0.717) is 34.4 Å². The predicted molar refractivity (Wildman–Crippen MR) is 92.5 cm³/mol. The number of urea groups is 1. The first-order valence-electron chi connectivity index (χ1n) is 6.89. The Bertz CT molecular complexity index is 911. The average molecular weight is 387 g/mol. The minimum atomic E-state index is -4.47. The highest BCUT2D eigenvalue weighted by atomic mass is 35.5. The van der Waals surface area contributed by atoms with Crippen molar-refractivity contribution in [3.05, 3.63) is 46.4 Å². The topological polar surface area (TPSA) is 86.7 Å². The molecular weight excluding hydrogens is 375 g/mol. The molecule has 1 aliphatic rings. The molecule has 2 aromatic carbocycles. The van der Waals surface area contributed by atoms with Crippen LogP contribution in [0.5, 0.6) is 0 Å². The lowest BCUT2D eigenvalue weighted by atomic mass is 10.0. The van der Waals surface area contributed by atoms with Crippen LogP contribution in [0.15, 0.2) is 41.3 Å². The van der Waals surface area contributed by atoms with Crippen LogP contribution in [0.2, 0.25) is 10.0 Å². The smallest absolute Gasteiger partial charge is 0.321 e. The van der Waals surface area contributed by atoms with Gasteiger partial charge in [0.1, 0.15) is 4.90 Å². The minimum absolute atomic E-state index is 0.208. The van der Waals surface area contributed by atoms with Crippen LogP contribution in [0.3, 0.4) is 0 Å². The third-order valence-electron chi connectivity index (χ3n) is 3.58. The number of carbonyl (C=O) groups excluding carboxylic acids is 1. The van der Waals surface area contributed by atoms with Gasteiger partial charge in [-0.2, -0.15) is 8.42 Å². The van der Waals surface area contributed by atoms with E-state index in [4.69, 9.17) is 23.2 Å². The molecule has 1 fully saturated rings. The molecule has 1 aliphatic heterocycles. The molecule has 3 rings (SSSR count). The quantitative estimate of drug-likeness (QED) is 0.790. The van der Waals surface area contributed by atoms with Gasteiger partial charge in [-0.25, -0.2) is 4.79 Å². The number of hydrogen-bond acceptors (Lipinski definition) is 3. The van der Waals surface area contributed by atoms with Crippen LogP contribution in [0.25, 0.3) is 11.1 Å². The van der Waals surface area contributed by atoms with Crippen molar-refractivity contribution in [3.63, 3.8) is 0 Å². The van der Waals surface area contributed by atoms with Crippen molar-refractivity contribution >= 4 is 45.0 Å². The minimum Gasteiger partial charge on any atom is -0.336 e. The van der Waals surface area contributed by atoms with Gasteiger partial charge in [0.05, 0.1) is 0 Å². The molecule has 0 atom stereocenters. The van der Waals surface area contributed by atoms with Gasteiger partial charge in [0.15, 0.2) is 0 Å². The lowest BCUT2D eigenvalue weighted by Crippen LogP contribution is -2.27. The Morgan fingerprint density at radius 1 is 1.08 bits per heavy atom. The molecule has 126 valence electrons. The van der Waals surface area contributed by atoms with Gasteiger partial charge < -0.3 is 5.32 Å². The fourth-order valence-corrected chi connectivity index (χ4v) is 3.78. The van der Waals surface area contributed by atoms with Crippen LogP contribution < -0.4 is 10.2 Å². The summed E-state index contributed by atoms with van der Waals surface area (Å²) in [5.74, 6) is 0. The number of hydrogen-bond donors (Lipinski definition) is 2. The fraction of sp³-hybridized carbons (Fsp3) is 0.133. The fourth-order valence-electron chi connectivity index (χ4n) is 2.56. The highest BCUT2D eigenvalue weighted by Gasteiger charge is 2.24. The molecular formula is C15H12Cl2N2O4S. The zero-order chi connectivity index (χ0) is 17.5. The lowest BCUT2D eigenvalue weighted by molar-refractivity contribution is 0.252. The van der Waals surface area contributed by atoms with Crippen molar-refractivity contribution in [2.75, 3.05) is 18.0 Å². The Labute approximate surface area is 148 Å². The number of carbonyl (C=O) groups is 1. The maximum atomic E-state index is 11.8. The van der Waals surface area contributed by atoms with E-state index in [-0.39, 0.29) is 16.5 Å². The number of nitrogens with zero attached hydrogens (tertiary/aromatic N) is 1. The maximum Gasteiger partial charge on any atom is 0.321 e. The Morgan fingerprint density at radius 2 is 1.75 bits per heavy atom. The predicted octanol–water partition coefficient (Wildman–Crippen LogP) is 3.44. The van der Waals surface area contributed by atoms with E-state index >= 15 is 0 Å². The van der Waals surface area contributed by atoms with Crippen molar-refractivity contribution < 1.29 is 17.8 Å². The van der Waals surface area contributed by atoms with E-state index in [1.807, 2.05) is 0 Å². The molecule has 1 heterocycles. The Kier molecular flexibility index (Phi) is 4.44. The second-order valence-electron chi connectivity index (χ2n) is 5.20. The first-order valence-corrected chi connectivity index (χ1v) is 9.09. The first kappa shape index (κ1) is 17.0. The van der Waals surface area contributed by atoms with Gasteiger partial charge >= 0.3 is 6.03 Å². The van der Waals surface area contributed by atoms with E-state index in [2.05, 4.69) is 5.32 Å². The Hall–Kier alpha value is -1.80. The van der Waals surface area contributed by atoms with Gasteiger partial charge in [0.2, 0.25) is 0 Å². The number of amides is 2. The SMILES string of the molecule is O=C1NCCN1c1ccc(S(=O)(=O)O)c(-c2cc(Cl)cc(Cl)c2)c1. The van der Waals surface area contributed by atoms with Crippen LogP contribution in [0.1, 0.15) is 0 Å². The van der Waals surface area contributed by atoms with Crippen LogP contribution in [0, 0.1) is 0 Å². The van der Waals surface area contributed by atoms with Crippen LogP contribution >= 0.6 is 23.2 Å². The number of benzene rings is 2. The molecule has 6 nitrogen and oxygen atoms in total. The summed E-state index contributed by atoms with van der Waals surface area (Å²) in [5, 5.41) is 3.31. The zero-order valence-electron chi connectivity index (χ0n) is 12.2. The molecule has 24 heavy (non-hydrogen) atoms. The molecule has 0 bridgehead atoms. The molecule has 2 amide bonds. The van der Waals surface area contributed by atoms with Crippen molar-refractivity contribution in [1.82, 2.24) is 5.32 Å². The summed E-state index contributed by atoms with van der Waals surface area (Å²) in [5.41, 5.74) is 1.13. The summed E-state index contributed by atoms with van der Waals surface area (Å²) < 4.78 is 32.9. The highest BCUT2D eigenvalue weighted by molar-refractivity contribution is 7.86. The van der Waals surface area contributed by atoms with Crippen LogP contribution in [0.4, 0.5) is 10.5 Å². The molecule has 0 aromatic heterocycles. The monoisotopic (exact) mass is 386 g/mol. The van der Waals surface area contributed by atoms with Gasteiger partial charge in [0, 0.05) is 34.4 Å². The van der Waals surface area contributed by atoms with Crippen molar-refractivity contribution in [1.29, 1.82) is 0 Å². The lowest BCUT2D eigenvalue weighted by Gasteiger charge is -2.17. The Balaban J connectivity index is 2.22. The van der Waals surface area contributed by atoms with Gasteiger partial charge in [-0.15, -0.1) is 0 Å². The summed E-state index contributed by atoms with van der Waals surface area (Å²) in [6.45, 7) is 0.955. The highest BCUT2D eigenvalue weighted by Crippen LogP contribution is 2.34. The van der Waals surface area contributed by atoms with E-state index in [9.17, 15) is 17.8 Å². The van der Waals surface area contributed by atoms with Crippen molar-refractivity contribution in [2.45, 2.75) is 4.90 Å². The summed E-state index contributed by atoms with van der Waals surface area (Å²) in [7, 11) is -4.47. The standard InChI is InChI=1S/C15H12Cl2N2O4S/c16-10-5-9(6-11(17)7-10)13-8-12(19-4-3-18-15(19)20)1-2-14(13)24(21,22)23/h1-2,5-8H,3-4H2,(H,18,20)(H,21,22,23). The maximum absolute atomic E-state index is 11.8. The third kappa shape index (κ3) is 3.34. The zero-order valence-corrected chi connectivity index (χ0v) is 14.5. The van der Waals surface area contributed by atoms with Crippen molar-refractivity contribution in [2.24, 2.45) is 0 Å². The molecule has 2 N–H and O–H groups in total. The summed E-state index contributed by atoms with van der Waals surface area (Å²) in [6.07, 6.45) is 0. The molecule has 0 spiro atoms. The van der Waals surface area contributed by atoms with Gasteiger partial charge in [-0.05, 0) is 42.0 Å². The molecule has 0 radical (unpaired) electrons. The summed E-state index contributed by atoms with van der Waals surface area (Å²) in [6, 6.07) is 8.53. The number of anilines is 1. The molecule has 1 saturated heterocycles. The van der Waals surface area contributed by atoms with Crippen LogP contribution in [-0.4, -0.2) is 32.1 Å². The van der Waals surface area contributed by atoms with E-state index in [1.54, 1.807) is 0 Å². The molecule has 2 aromatic rings. The van der Waals surface area contributed by atoms with E-state index in [0.717, 1.165) is 0 Å². The Morgan fingerprint density at radius 3 is 2.29 bits per heavy atom. The summed E-state index contributed by atoms with van der Waals surface area (Å²) >= 11 is 12.0. The second kappa shape index (κ2) is 6.25. The number of nitrogens with one attached hydrogen (secondary N) is 1. The van der Waals surface area contributed by atoms with E-state index in [1.165, 1.54) is 41.3 Å².